The summed E-state index contributed by atoms with van der Waals surface area (Å²) in [5.41, 5.74) is 2.27. The van der Waals surface area contributed by atoms with E-state index >= 15 is 0 Å². The second kappa shape index (κ2) is 6.29. The number of thioether (sulfide) groups is 1. The Labute approximate surface area is 116 Å². The lowest BCUT2D eigenvalue weighted by Crippen LogP contribution is -2.16. The van der Waals surface area contributed by atoms with E-state index in [0.717, 1.165) is 11.4 Å². The average molecular weight is 275 g/mol. The molecule has 0 aliphatic heterocycles. The molecule has 0 spiro atoms. The molecule has 100 valence electrons. The highest BCUT2D eigenvalue weighted by atomic mass is 32.2. The lowest BCUT2D eigenvalue weighted by molar-refractivity contribution is 0.800. The molecule has 5 nitrogen and oxygen atoms in total. The highest BCUT2D eigenvalue weighted by molar-refractivity contribution is 7.99. The van der Waals surface area contributed by atoms with Gasteiger partial charge in [-0.25, -0.2) is 4.68 Å². The van der Waals surface area contributed by atoms with E-state index < -0.39 is 0 Å². The maximum Gasteiger partial charge on any atom is 0.210 e. The van der Waals surface area contributed by atoms with Crippen molar-refractivity contribution in [2.24, 2.45) is 0 Å². The van der Waals surface area contributed by atoms with Crippen molar-refractivity contribution < 1.29 is 0 Å². The van der Waals surface area contributed by atoms with Crippen molar-refractivity contribution in [3.05, 3.63) is 48.3 Å². The molecule has 1 aromatic carbocycles. The van der Waals surface area contributed by atoms with E-state index in [0.29, 0.717) is 17.5 Å². The molecule has 6 heteroatoms. The molecule has 0 unspecified atom stereocenters. The van der Waals surface area contributed by atoms with Gasteiger partial charge in [-0.15, -0.1) is 16.8 Å². The number of nitrogens with one attached hydrogen (secondary N) is 1. The molecule has 1 heterocycles. The van der Waals surface area contributed by atoms with Gasteiger partial charge in [0.05, 0.1) is 6.54 Å². The maximum absolute atomic E-state index is 5.93. The van der Waals surface area contributed by atoms with E-state index in [2.05, 4.69) is 41.1 Å². The van der Waals surface area contributed by atoms with Gasteiger partial charge in [-0.2, -0.15) is 0 Å². The van der Waals surface area contributed by atoms with E-state index in [9.17, 15) is 0 Å². The van der Waals surface area contributed by atoms with Gasteiger partial charge in [0, 0.05) is 11.4 Å². The van der Waals surface area contributed by atoms with Gasteiger partial charge >= 0.3 is 0 Å². The molecule has 2 aromatic rings. The fourth-order valence-corrected chi connectivity index (χ4v) is 2.12. The monoisotopic (exact) mass is 275 g/mol. The molecule has 0 saturated carbocycles. The molecule has 0 aliphatic carbocycles. The fourth-order valence-electron chi connectivity index (χ4n) is 1.51. The zero-order chi connectivity index (χ0) is 13.7. The van der Waals surface area contributed by atoms with E-state index in [-0.39, 0.29) is 0 Å². The van der Waals surface area contributed by atoms with Crippen LogP contribution in [0.25, 0.3) is 0 Å². The summed E-state index contributed by atoms with van der Waals surface area (Å²) in [4.78, 5) is 0. The third kappa shape index (κ3) is 3.51. The van der Waals surface area contributed by atoms with Crippen LogP contribution in [0.5, 0.6) is 0 Å². The minimum Gasteiger partial charge on any atom is -0.378 e. The van der Waals surface area contributed by atoms with Gasteiger partial charge in [-0.05, 0) is 19.1 Å². The van der Waals surface area contributed by atoms with Gasteiger partial charge in [0.1, 0.15) is 0 Å². The Morgan fingerprint density at radius 1 is 1.37 bits per heavy atom. The molecule has 0 aliphatic rings. The minimum absolute atomic E-state index is 0.543. The molecular formula is C13H17N5S. The van der Waals surface area contributed by atoms with Crippen LogP contribution in [0.15, 0.2) is 42.1 Å². The number of hydrogen-bond acceptors (Lipinski definition) is 5. The van der Waals surface area contributed by atoms with Crippen molar-refractivity contribution in [1.29, 1.82) is 0 Å². The first-order valence-electron chi connectivity index (χ1n) is 5.94. The third-order valence-corrected chi connectivity index (χ3v) is 3.51. The molecule has 0 bridgehead atoms. The molecule has 3 N–H and O–H groups in total. The summed E-state index contributed by atoms with van der Waals surface area (Å²) in [7, 11) is 0. The molecule has 0 amide bonds. The zero-order valence-corrected chi connectivity index (χ0v) is 11.7. The van der Waals surface area contributed by atoms with Gasteiger partial charge < -0.3 is 11.2 Å². The Balaban J connectivity index is 1.97. The van der Waals surface area contributed by atoms with Crippen molar-refractivity contribution in [3.63, 3.8) is 0 Å². The summed E-state index contributed by atoms with van der Waals surface area (Å²) in [6, 6.07) is 8.17. The molecule has 1 aromatic heterocycles. The molecular weight excluding hydrogens is 258 g/mol. The number of benzene rings is 1. The van der Waals surface area contributed by atoms with E-state index in [1.165, 1.54) is 22.0 Å². The summed E-state index contributed by atoms with van der Waals surface area (Å²) in [6.07, 6.45) is 1.81. The first-order chi connectivity index (χ1) is 9.20. The molecule has 0 radical (unpaired) electrons. The summed E-state index contributed by atoms with van der Waals surface area (Å²) in [5, 5.41) is 12.1. The van der Waals surface area contributed by atoms with Crippen LogP contribution in [0.1, 0.15) is 11.4 Å². The summed E-state index contributed by atoms with van der Waals surface area (Å²) >= 11 is 1.51. The number of aryl methyl sites for hydroxylation is 1. The Bertz CT molecular complexity index is 547. The summed E-state index contributed by atoms with van der Waals surface area (Å²) in [6.45, 7) is 6.27. The molecule has 19 heavy (non-hydrogen) atoms. The van der Waals surface area contributed by atoms with Crippen molar-refractivity contribution >= 4 is 17.4 Å². The third-order valence-electron chi connectivity index (χ3n) is 2.57. The van der Waals surface area contributed by atoms with Crippen LogP contribution >= 0.6 is 11.8 Å². The SMILES string of the molecule is C=CCSc1nnc(CNc2ccc(C)cc2)n1N. The quantitative estimate of drug-likeness (QED) is 0.480. The minimum atomic E-state index is 0.543. The Hall–Kier alpha value is -1.95. The van der Waals surface area contributed by atoms with Gasteiger partial charge in [-0.3, -0.25) is 0 Å². The number of anilines is 1. The van der Waals surface area contributed by atoms with Crippen LogP contribution in [-0.2, 0) is 6.54 Å². The largest absolute Gasteiger partial charge is 0.378 e. The van der Waals surface area contributed by atoms with Crippen LogP contribution in [-0.4, -0.2) is 20.6 Å². The highest BCUT2D eigenvalue weighted by Crippen LogP contribution is 2.15. The van der Waals surface area contributed by atoms with Crippen molar-refractivity contribution in [2.75, 3.05) is 16.9 Å². The topological polar surface area (TPSA) is 68.8 Å². The van der Waals surface area contributed by atoms with Crippen molar-refractivity contribution in [2.45, 2.75) is 18.6 Å². The second-order valence-electron chi connectivity index (χ2n) is 4.09. The van der Waals surface area contributed by atoms with Crippen LogP contribution in [0.3, 0.4) is 0 Å². The predicted molar refractivity (Wildman–Crippen MR) is 79.6 cm³/mol. The van der Waals surface area contributed by atoms with E-state index in [4.69, 9.17) is 5.84 Å². The maximum atomic E-state index is 5.93. The normalized spacial score (nSPS) is 10.4. The summed E-state index contributed by atoms with van der Waals surface area (Å²) in [5.74, 6) is 7.39. The smallest absolute Gasteiger partial charge is 0.210 e. The number of nitrogens with two attached hydrogens (primary N) is 1. The van der Waals surface area contributed by atoms with Crippen LogP contribution in [0.2, 0.25) is 0 Å². The van der Waals surface area contributed by atoms with Crippen molar-refractivity contribution in [3.8, 4) is 0 Å². The lowest BCUT2D eigenvalue weighted by atomic mass is 10.2. The number of nitrogen functional groups attached to an aromatic ring is 1. The first kappa shape index (κ1) is 13.5. The number of nitrogens with zero attached hydrogens (tertiary/aromatic N) is 3. The van der Waals surface area contributed by atoms with Gasteiger partial charge in [-0.1, -0.05) is 35.5 Å². The standard InChI is InChI=1S/C13H17N5S/c1-3-8-19-13-17-16-12(18(13)14)9-15-11-6-4-10(2)5-7-11/h3-7,15H,1,8-9,14H2,2H3. The van der Waals surface area contributed by atoms with Crippen LogP contribution in [0, 0.1) is 6.92 Å². The number of aromatic nitrogens is 3. The molecule has 0 saturated heterocycles. The molecule has 0 atom stereocenters. The Kier molecular flexibility index (Phi) is 4.46. The molecule has 2 rings (SSSR count). The zero-order valence-electron chi connectivity index (χ0n) is 10.8. The highest BCUT2D eigenvalue weighted by Gasteiger charge is 2.08. The molecule has 0 fully saturated rings. The average Bonchev–Trinajstić information content (AvgIpc) is 2.77. The lowest BCUT2D eigenvalue weighted by Gasteiger charge is -2.06. The number of hydrogen-bond donors (Lipinski definition) is 2. The summed E-state index contributed by atoms with van der Waals surface area (Å²) < 4.78 is 1.51. The van der Waals surface area contributed by atoms with Gasteiger partial charge in [0.25, 0.3) is 0 Å². The van der Waals surface area contributed by atoms with Crippen molar-refractivity contribution in [1.82, 2.24) is 14.9 Å². The van der Waals surface area contributed by atoms with Gasteiger partial charge in [0.15, 0.2) is 5.82 Å². The predicted octanol–water partition coefficient (Wildman–Crippen LogP) is 2.19. The second-order valence-corrected chi connectivity index (χ2v) is 5.08. The van der Waals surface area contributed by atoms with Crippen LogP contribution in [0.4, 0.5) is 5.69 Å². The Morgan fingerprint density at radius 3 is 2.79 bits per heavy atom. The van der Waals surface area contributed by atoms with E-state index in [1.54, 1.807) is 0 Å². The van der Waals surface area contributed by atoms with Crippen LogP contribution < -0.4 is 11.2 Å². The van der Waals surface area contributed by atoms with Gasteiger partial charge in [0.2, 0.25) is 5.16 Å². The fraction of sp³-hybridized carbons (Fsp3) is 0.231. The van der Waals surface area contributed by atoms with E-state index in [1.807, 2.05) is 18.2 Å². The Morgan fingerprint density at radius 2 is 2.11 bits per heavy atom. The number of rotatable bonds is 6. The first-order valence-corrected chi connectivity index (χ1v) is 6.93.